The standard InChI is InChI=1S/C20H25ClF2N4O3/c1-5-13(17(22)23)27-14(10-25-19(29)30-20(2,3)4)15(18(24)28)16(26-27)11-7-6-8-12(21)9-11/h6-9,13,17H,5,10H2,1-4H3,(H2,24,28)(H,25,29). The van der Waals surface area contributed by atoms with Gasteiger partial charge in [-0.2, -0.15) is 5.10 Å². The number of halogens is 3. The van der Waals surface area contributed by atoms with Crippen LogP contribution in [0, 0.1) is 0 Å². The molecular weight excluding hydrogens is 418 g/mol. The molecular formula is C20H25ClF2N4O3. The van der Waals surface area contributed by atoms with E-state index in [1.807, 2.05) is 0 Å². The fraction of sp³-hybridized carbons (Fsp3) is 0.450. The number of ether oxygens (including phenoxy) is 1. The first-order valence-electron chi connectivity index (χ1n) is 9.36. The zero-order chi connectivity index (χ0) is 22.6. The Morgan fingerprint density at radius 3 is 2.50 bits per heavy atom. The van der Waals surface area contributed by atoms with E-state index in [1.54, 1.807) is 52.0 Å². The molecule has 0 bridgehead atoms. The minimum atomic E-state index is -2.75. The van der Waals surface area contributed by atoms with E-state index in [9.17, 15) is 18.4 Å². The molecule has 164 valence electrons. The zero-order valence-corrected chi connectivity index (χ0v) is 18.0. The first-order chi connectivity index (χ1) is 13.9. The number of carbonyl (C=O) groups is 2. The summed E-state index contributed by atoms with van der Waals surface area (Å²) in [5, 5.41) is 7.14. The van der Waals surface area contributed by atoms with Crippen LogP contribution in [0.5, 0.6) is 0 Å². The predicted octanol–water partition coefficient (Wildman–Crippen LogP) is 4.54. The topological polar surface area (TPSA) is 99.2 Å². The quantitative estimate of drug-likeness (QED) is 0.657. The highest BCUT2D eigenvalue weighted by molar-refractivity contribution is 6.30. The molecule has 0 spiro atoms. The van der Waals surface area contributed by atoms with Gasteiger partial charge in [-0.15, -0.1) is 0 Å². The van der Waals surface area contributed by atoms with Gasteiger partial charge < -0.3 is 15.8 Å². The maximum absolute atomic E-state index is 13.7. The Morgan fingerprint density at radius 1 is 1.33 bits per heavy atom. The molecule has 1 atom stereocenters. The van der Waals surface area contributed by atoms with Gasteiger partial charge in [0.2, 0.25) is 0 Å². The summed E-state index contributed by atoms with van der Waals surface area (Å²) < 4.78 is 33.6. The minimum absolute atomic E-state index is 0.0476. The molecule has 7 nitrogen and oxygen atoms in total. The van der Waals surface area contributed by atoms with Gasteiger partial charge >= 0.3 is 6.09 Å². The van der Waals surface area contributed by atoms with E-state index in [-0.39, 0.29) is 29.9 Å². The average Bonchev–Trinajstić information content (AvgIpc) is 2.98. The first kappa shape index (κ1) is 23.6. The molecule has 2 amide bonds. The number of carbonyl (C=O) groups excluding carboxylic acids is 2. The molecule has 3 N–H and O–H groups in total. The SMILES string of the molecule is CCC(C(F)F)n1nc(-c2cccc(Cl)c2)c(C(N)=O)c1CNC(=O)OC(C)(C)C. The molecule has 1 aromatic carbocycles. The first-order valence-corrected chi connectivity index (χ1v) is 9.74. The highest BCUT2D eigenvalue weighted by atomic mass is 35.5. The van der Waals surface area contributed by atoms with Crippen molar-refractivity contribution >= 4 is 23.6 Å². The van der Waals surface area contributed by atoms with Crippen LogP contribution in [0.2, 0.25) is 5.02 Å². The molecule has 1 aromatic heterocycles. The van der Waals surface area contributed by atoms with Crippen LogP contribution in [0.25, 0.3) is 11.3 Å². The molecule has 0 aliphatic carbocycles. The van der Waals surface area contributed by atoms with E-state index in [2.05, 4.69) is 10.4 Å². The molecule has 0 aliphatic heterocycles. The second-order valence-electron chi connectivity index (χ2n) is 7.65. The average molecular weight is 443 g/mol. The molecule has 0 aliphatic rings. The van der Waals surface area contributed by atoms with Crippen molar-refractivity contribution in [3.8, 4) is 11.3 Å². The Bertz CT molecular complexity index is 925. The van der Waals surface area contributed by atoms with E-state index >= 15 is 0 Å². The summed E-state index contributed by atoms with van der Waals surface area (Å²) in [5.41, 5.74) is 5.38. The number of rotatable bonds is 7. The van der Waals surface area contributed by atoms with Crippen LogP contribution in [-0.4, -0.2) is 33.8 Å². The highest BCUT2D eigenvalue weighted by Gasteiger charge is 2.31. The molecule has 0 saturated carbocycles. The lowest BCUT2D eigenvalue weighted by Crippen LogP contribution is -2.34. The largest absolute Gasteiger partial charge is 0.444 e. The van der Waals surface area contributed by atoms with Gasteiger partial charge in [0.15, 0.2) is 0 Å². The molecule has 10 heteroatoms. The van der Waals surface area contributed by atoms with Gasteiger partial charge in [0.1, 0.15) is 17.3 Å². The third-order valence-electron chi connectivity index (χ3n) is 4.18. The predicted molar refractivity (Wildman–Crippen MR) is 110 cm³/mol. The number of aromatic nitrogens is 2. The van der Waals surface area contributed by atoms with Crippen LogP contribution in [0.4, 0.5) is 13.6 Å². The van der Waals surface area contributed by atoms with Crippen molar-refractivity contribution in [2.24, 2.45) is 5.73 Å². The number of amides is 2. The van der Waals surface area contributed by atoms with Crippen LogP contribution in [0.3, 0.4) is 0 Å². The number of alkyl carbamates (subject to hydrolysis) is 1. The maximum Gasteiger partial charge on any atom is 0.407 e. The summed E-state index contributed by atoms with van der Waals surface area (Å²) in [6, 6.07) is 5.15. The van der Waals surface area contributed by atoms with Gasteiger partial charge in [0.25, 0.3) is 12.3 Å². The Hall–Kier alpha value is -2.68. The molecule has 30 heavy (non-hydrogen) atoms. The van der Waals surface area contributed by atoms with Gasteiger partial charge in [-0.25, -0.2) is 13.6 Å². The Morgan fingerprint density at radius 2 is 2.00 bits per heavy atom. The van der Waals surface area contributed by atoms with E-state index in [0.29, 0.717) is 10.6 Å². The third-order valence-corrected chi connectivity index (χ3v) is 4.41. The molecule has 2 aromatic rings. The van der Waals surface area contributed by atoms with Gasteiger partial charge in [-0.3, -0.25) is 9.48 Å². The van der Waals surface area contributed by atoms with Crippen LogP contribution in [0.15, 0.2) is 24.3 Å². The van der Waals surface area contributed by atoms with Crippen LogP contribution in [-0.2, 0) is 11.3 Å². The minimum Gasteiger partial charge on any atom is -0.444 e. The Labute approximate surface area is 178 Å². The van der Waals surface area contributed by atoms with Gasteiger partial charge in [-0.1, -0.05) is 30.7 Å². The fourth-order valence-corrected chi connectivity index (χ4v) is 3.13. The molecule has 1 unspecified atom stereocenters. The summed E-state index contributed by atoms with van der Waals surface area (Å²) in [6.07, 6.45) is -3.46. The smallest absolute Gasteiger partial charge is 0.407 e. The van der Waals surface area contributed by atoms with Crippen molar-refractivity contribution < 1.29 is 23.1 Å². The molecule has 0 saturated heterocycles. The lowest BCUT2D eigenvalue weighted by Gasteiger charge is -2.21. The number of primary amides is 1. The van der Waals surface area contributed by atoms with Crippen molar-refractivity contribution in [3.63, 3.8) is 0 Å². The van der Waals surface area contributed by atoms with Crippen molar-refractivity contribution in [1.29, 1.82) is 0 Å². The Balaban J connectivity index is 2.58. The summed E-state index contributed by atoms with van der Waals surface area (Å²) in [5.74, 6) is -0.860. The molecule has 1 heterocycles. The highest BCUT2D eigenvalue weighted by Crippen LogP contribution is 2.31. The second-order valence-corrected chi connectivity index (χ2v) is 8.09. The van der Waals surface area contributed by atoms with E-state index in [0.717, 1.165) is 4.68 Å². The maximum atomic E-state index is 13.7. The summed E-state index contributed by atoms with van der Waals surface area (Å²) in [7, 11) is 0. The van der Waals surface area contributed by atoms with Gasteiger partial charge in [0, 0.05) is 10.6 Å². The van der Waals surface area contributed by atoms with Crippen LogP contribution >= 0.6 is 11.6 Å². The third kappa shape index (κ3) is 5.69. The summed E-state index contributed by atoms with van der Waals surface area (Å²) >= 11 is 6.03. The normalized spacial score (nSPS) is 12.7. The fourth-order valence-electron chi connectivity index (χ4n) is 2.94. The zero-order valence-electron chi connectivity index (χ0n) is 17.2. The van der Waals surface area contributed by atoms with Crippen LogP contribution in [0.1, 0.15) is 56.2 Å². The van der Waals surface area contributed by atoms with E-state index < -0.39 is 30.1 Å². The second kappa shape index (κ2) is 9.42. The number of nitrogens with two attached hydrogens (primary N) is 1. The number of hydrogen-bond acceptors (Lipinski definition) is 4. The van der Waals surface area contributed by atoms with Crippen molar-refractivity contribution in [1.82, 2.24) is 15.1 Å². The summed E-state index contributed by atoms with van der Waals surface area (Å²) in [4.78, 5) is 24.3. The van der Waals surface area contributed by atoms with Gasteiger partial charge in [-0.05, 0) is 39.3 Å². The number of benzene rings is 1. The van der Waals surface area contributed by atoms with E-state index in [4.69, 9.17) is 22.1 Å². The Kier molecular flexibility index (Phi) is 7.41. The molecule has 2 rings (SSSR count). The summed E-state index contributed by atoms with van der Waals surface area (Å²) in [6.45, 7) is 6.36. The van der Waals surface area contributed by atoms with Crippen molar-refractivity contribution in [2.75, 3.05) is 0 Å². The number of nitrogens with one attached hydrogen (secondary N) is 1. The lowest BCUT2D eigenvalue weighted by atomic mass is 10.0. The number of hydrogen-bond donors (Lipinski definition) is 2. The monoisotopic (exact) mass is 442 g/mol. The number of nitrogens with zero attached hydrogens (tertiary/aromatic N) is 2. The van der Waals surface area contributed by atoms with Crippen LogP contribution < -0.4 is 11.1 Å². The van der Waals surface area contributed by atoms with Crippen molar-refractivity contribution in [3.05, 3.63) is 40.5 Å². The van der Waals surface area contributed by atoms with Gasteiger partial charge in [0.05, 0.1) is 17.8 Å². The molecule has 0 radical (unpaired) electrons. The lowest BCUT2D eigenvalue weighted by molar-refractivity contribution is 0.0517. The van der Waals surface area contributed by atoms with Crippen molar-refractivity contribution in [2.45, 2.75) is 58.7 Å². The van der Waals surface area contributed by atoms with E-state index in [1.165, 1.54) is 0 Å². The number of alkyl halides is 2. The molecule has 0 fully saturated rings.